The minimum atomic E-state index is -0.494. The zero-order valence-corrected chi connectivity index (χ0v) is 16.1. The lowest BCUT2D eigenvalue weighted by Gasteiger charge is -2.47. The summed E-state index contributed by atoms with van der Waals surface area (Å²) in [5.74, 6) is -0.162. The highest BCUT2D eigenvalue weighted by molar-refractivity contribution is 5.85. The maximum absolute atomic E-state index is 12.9. The zero-order chi connectivity index (χ0) is 18.1. The summed E-state index contributed by atoms with van der Waals surface area (Å²) in [5.41, 5.74) is 1.72. The van der Waals surface area contributed by atoms with E-state index in [1.807, 2.05) is 36.4 Å². The summed E-state index contributed by atoms with van der Waals surface area (Å²) < 4.78 is 5.65. The van der Waals surface area contributed by atoms with Crippen LogP contribution in [0.15, 0.2) is 60.7 Å². The second-order valence-corrected chi connectivity index (χ2v) is 7.36. The van der Waals surface area contributed by atoms with Gasteiger partial charge in [-0.05, 0) is 29.9 Å². The number of ether oxygens (including phenoxy) is 1. The molecule has 142 valence electrons. The first-order valence-corrected chi connectivity index (χ1v) is 9.17. The van der Waals surface area contributed by atoms with E-state index in [0.717, 1.165) is 17.5 Å². The number of hydrogen-bond donors (Lipinski definition) is 1. The van der Waals surface area contributed by atoms with Gasteiger partial charge < -0.3 is 10.1 Å². The Balaban J connectivity index is 0.00000210. The fraction of sp³-hybridized carbons (Fsp3) is 0.364. The van der Waals surface area contributed by atoms with E-state index in [1.165, 1.54) is 6.92 Å². The van der Waals surface area contributed by atoms with Crippen LogP contribution in [0.3, 0.4) is 0 Å². The van der Waals surface area contributed by atoms with E-state index in [9.17, 15) is 9.59 Å². The fourth-order valence-corrected chi connectivity index (χ4v) is 4.98. The Morgan fingerprint density at radius 1 is 1.04 bits per heavy atom. The molecule has 0 radical (unpaired) electrons. The standard InChI is InChI=1S/C22H23NO3.ClH/c1-15(24)26-19-12-16-14-23-21(25)20(16)22(13-19,17-8-4-2-5-9-17)18-10-6-3-7-11-18;/h2-11,16,19-20H,12-14H2,1H3,(H,23,25);1H. The van der Waals surface area contributed by atoms with Gasteiger partial charge >= 0.3 is 5.97 Å². The largest absolute Gasteiger partial charge is 0.463 e. The van der Waals surface area contributed by atoms with Crippen LogP contribution in [0, 0.1) is 11.8 Å². The van der Waals surface area contributed by atoms with Crippen LogP contribution in [0.5, 0.6) is 0 Å². The first kappa shape index (κ1) is 19.4. The van der Waals surface area contributed by atoms with Crippen molar-refractivity contribution in [2.24, 2.45) is 11.8 Å². The Bertz CT molecular complexity index is 769. The van der Waals surface area contributed by atoms with Gasteiger partial charge in [-0.15, -0.1) is 12.4 Å². The van der Waals surface area contributed by atoms with Gasteiger partial charge in [0, 0.05) is 18.9 Å². The van der Waals surface area contributed by atoms with E-state index in [-0.39, 0.29) is 42.2 Å². The summed E-state index contributed by atoms with van der Waals surface area (Å²) in [4.78, 5) is 24.5. The van der Waals surface area contributed by atoms with Crippen molar-refractivity contribution in [3.63, 3.8) is 0 Å². The van der Waals surface area contributed by atoms with Crippen LogP contribution in [-0.2, 0) is 19.7 Å². The van der Waals surface area contributed by atoms with Gasteiger partial charge in [0.1, 0.15) is 6.10 Å². The Morgan fingerprint density at radius 3 is 2.11 bits per heavy atom. The second kappa shape index (κ2) is 7.73. The number of fused-ring (bicyclic) bond motifs is 1. The fourth-order valence-electron chi connectivity index (χ4n) is 4.98. The smallest absolute Gasteiger partial charge is 0.302 e. The average Bonchev–Trinajstić information content (AvgIpc) is 3.03. The molecule has 2 aromatic rings. The molecule has 4 nitrogen and oxygen atoms in total. The van der Waals surface area contributed by atoms with Crippen LogP contribution in [-0.4, -0.2) is 24.5 Å². The van der Waals surface area contributed by atoms with E-state index in [4.69, 9.17) is 4.74 Å². The first-order valence-electron chi connectivity index (χ1n) is 9.17. The van der Waals surface area contributed by atoms with Gasteiger partial charge in [0.25, 0.3) is 0 Å². The quantitative estimate of drug-likeness (QED) is 0.823. The lowest BCUT2D eigenvalue weighted by Crippen LogP contribution is -2.50. The predicted molar refractivity (Wildman–Crippen MR) is 106 cm³/mol. The molecule has 3 unspecified atom stereocenters. The van der Waals surface area contributed by atoms with Crippen LogP contribution in [0.4, 0.5) is 0 Å². The Morgan fingerprint density at radius 2 is 1.59 bits per heavy atom. The van der Waals surface area contributed by atoms with Crippen LogP contribution >= 0.6 is 12.4 Å². The van der Waals surface area contributed by atoms with Gasteiger partial charge in [-0.25, -0.2) is 0 Å². The summed E-state index contributed by atoms with van der Waals surface area (Å²) in [6.45, 7) is 2.10. The molecule has 0 bridgehead atoms. The molecule has 1 aliphatic carbocycles. The number of carbonyl (C=O) groups is 2. The van der Waals surface area contributed by atoms with Crippen molar-refractivity contribution in [2.45, 2.75) is 31.3 Å². The Labute approximate surface area is 165 Å². The molecule has 1 saturated carbocycles. The number of esters is 1. The van der Waals surface area contributed by atoms with Crippen molar-refractivity contribution in [3.05, 3.63) is 71.8 Å². The molecule has 2 aliphatic rings. The number of carbonyl (C=O) groups excluding carboxylic acids is 2. The van der Waals surface area contributed by atoms with Crippen molar-refractivity contribution in [3.8, 4) is 0 Å². The maximum Gasteiger partial charge on any atom is 0.302 e. The van der Waals surface area contributed by atoms with Crippen molar-refractivity contribution in [1.29, 1.82) is 0 Å². The number of rotatable bonds is 3. The third-order valence-electron chi connectivity index (χ3n) is 5.85. The molecule has 0 aromatic heterocycles. The molecule has 0 spiro atoms. The molecule has 2 fully saturated rings. The van der Waals surface area contributed by atoms with Crippen LogP contribution in [0.2, 0.25) is 0 Å². The second-order valence-electron chi connectivity index (χ2n) is 7.36. The maximum atomic E-state index is 12.9. The average molecular weight is 386 g/mol. The van der Waals surface area contributed by atoms with E-state index >= 15 is 0 Å². The molecule has 1 aliphatic heterocycles. The number of hydrogen-bond acceptors (Lipinski definition) is 3. The van der Waals surface area contributed by atoms with Crippen molar-refractivity contribution in [2.75, 3.05) is 6.54 Å². The molecular formula is C22H24ClNO3. The summed E-state index contributed by atoms with van der Waals surface area (Å²) in [6.07, 6.45) is 1.15. The summed E-state index contributed by atoms with van der Waals surface area (Å²) in [7, 11) is 0. The molecule has 3 atom stereocenters. The number of amides is 1. The van der Waals surface area contributed by atoms with Crippen LogP contribution < -0.4 is 5.32 Å². The minimum absolute atomic E-state index is 0. The molecule has 2 aromatic carbocycles. The van der Waals surface area contributed by atoms with Gasteiger partial charge in [0.2, 0.25) is 5.91 Å². The number of halogens is 1. The highest BCUT2D eigenvalue weighted by Crippen LogP contribution is 2.53. The molecule has 5 heteroatoms. The zero-order valence-electron chi connectivity index (χ0n) is 15.3. The van der Waals surface area contributed by atoms with Crippen LogP contribution in [0.25, 0.3) is 0 Å². The van der Waals surface area contributed by atoms with E-state index in [1.54, 1.807) is 0 Å². The van der Waals surface area contributed by atoms with E-state index < -0.39 is 5.41 Å². The molecule has 1 heterocycles. The highest BCUT2D eigenvalue weighted by atomic mass is 35.5. The van der Waals surface area contributed by atoms with Gasteiger partial charge in [-0.1, -0.05) is 60.7 Å². The third kappa shape index (κ3) is 3.34. The normalized spacial score (nSPS) is 25.7. The summed E-state index contributed by atoms with van der Waals surface area (Å²) >= 11 is 0. The first-order chi connectivity index (χ1) is 12.6. The molecular weight excluding hydrogens is 362 g/mol. The van der Waals surface area contributed by atoms with Gasteiger partial charge in [0.05, 0.1) is 5.92 Å². The topological polar surface area (TPSA) is 55.4 Å². The van der Waals surface area contributed by atoms with Crippen molar-refractivity contribution >= 4 is 24.3 Å². The third-order valence-corrected chi connectivity index (χ3v) is 5.85. The SMILES string of the molecule is CC(=O)OC1CC2CNC(=O)C2C(c2ccccc2)(c2ccccc2)C1.Cl. The van der Waals surface area contributed by atoms with Gasteiger partial charge in [0.15, 0.2) is 0 Å². The lowest BCUT2D eigenvalue weighted by atomic mass is 9.56. The van der Waals surface area contributed by atoms with Gasteiger partial charge in [-0.2, -0.15) is 0 Å². The monoisotopic (exact) mass is 385 g/mol. The Kier molecular flexibility index (Phi) is 5.56. The number of benzene rings is 2. The highest BCUT2D eigenvalue weighted by Gasteiger charge is 2.56. The van der Waals surface area contributed by atoms with Crippen LogP contribution in [0.1, 0.15) is 30.9 Å². The Hall–Kier alpha value is -2.33. The molecule has 4 rings (SSSR count). The lowest BCUT2D eigenvalue weighted by molar-refractivity contribution is -0.150. The predicted octanol–water partition coefficient (Wildman–Crippen LogP) is 3.48. The number of nitrogens with one attached hydrogen (secondary N) is 1. The van der Waals surface area contributed by atoms with Crippen molar-refractivity contribution in [1.82, 2.24) is 5.32 Å². The molecule has 27 heavy (non-hydrogen) atoms. The molecule has 1 amide bonds. The summed E-state index contributed by atoms with van der Waals surface area (Å²) in [5, 5.41) is 3.05. The van der Waals surface area contributed by atoms with Gasteiger partial charge in [-0.3, -0.25) is 9.59 Å². The van der Waals surface area contributed by atoms with Crippen molar-refractivity contribution < 1.29 is 14.3 Å². The van der Waals surface area contributed by atoms with E-state index in [2.05, 4.69) is 29.6 Å². The molecule has 1 N–H and O–H groups in total. The molecule has 1 saturated heterocycles. The minimum Gasteiger partial charge on any atom is -0.463 e. The summed E-state index contributed by atoms with van der Waals surface area (Å²) in [6, 6.07) is 20.4. The van der Waals surface area contributed by atoms with E-state index in [0.29, 0.717) is 13.0 Å².